The van der Waals surface area contributed by atoms with Crippen LogP contribution in [-0.4, -0.2) is 51.3 Å². The lowest BCUT2D eigenvalue weighted by atomic mass is 10.3. The molecule has 0 N–H and O–H groups in total. The average Bonchev–Trinajstić information content (AvgIpc) is 3.55. The van der Waals surface area contributed by atoms with E-state index in [0.29, 0.717) is 37.4 Å². The number of thiazole rings is 2. The van der Waals surface area contributed by atoms with E-state index in [1.54, 1.807) is 27.3 Å². The number of rotatable bonds is 4. The molecule has 2 aromatic heterocycles. The smallest absolute Gasteiger partial charge is 0.367 e. The monoisotopic (exact) mass is 564 g/mol. The number of thioether (sulfide) groups is 2. The summed E-state index contributed by atoms with van der Waals surface area (Å²) in [7, 11) is 3.95. The van der Waals surface area contributed by atoms with Crippen LogP contribution in [0.2, 0.25) is 5.02 Å². The van der Waals surface area contributed by atoms with Gasteiger partial charge in [-0.2, -0.15) is 0 Å². The minimum Gasteiger partial charge on any atom is -0.367 e. The Balaban J connectivity index is 1.69. The lowest BCUT2D eigenvalue weighted by molar-refractivity contribution is -0.627. The second kappa shape index (κ2) is 9.78. The van der Waals surface area contributed by atoms with Crippen LogP contribution in [0.25, 0.3) is 20.2 Å². The number of carbonyl (C=O) groups excluding carboxylic acids is 1. The zero-order valence-electron chi connectivity index (χ0n) is 19.4. The maximum absolute atomic E-state index is 13.6. The first kappa shape index (κ1) is 24.6. The standard InChI is InChI=1S/C23H23ClN5O2S4/c1-5-9-29-19(31)17(21-28(6-2)18(30)16(34-21)20-26(3)10-11-32-20)35-23(29)25-22-27(4)14-8-7-13(24)12-15(14)33-22/h5,7-8,12H,1,6,9-11H2,2-4H3/q+1/b20-16+,21-17-. The van der Waals surface area contributed by atoms with Crippen LogP contribution in [0.5, 0.6) is 0 Å². The summed E-state index contributed by atoms with van der Waals surface area (Å²) in [6, 6.07) is 5.74. The Bertz CT molecular complexity index is 1590. The van der Waals surface area contributed by atoms with E-state index in [0.717, 1.165) is 32.7 Å². The van der Waals surface area contributed by atoms with Gasteiger partial charge in [0.05, 0.1) is 16.8 Å². The fourth-order valence-corrected chi connectivity index (χ4v) is 9.04. The zero-order chi connectivity index (χ0) is 24.9. The van der Waals surface area contributed by atoms with Crippen molar-refractivity contribution >= 4 is 94.2 Å². The number of hydrogen-bond acceptors (Lipinski definition) is 8. The molecule has 1 amide bonds. The van der Waals surface area contributed by atoms with E-state index in [9.17, 15) is 9.59 Å². The number of carbonyl (C=O) groups is 1. The molecule has 2 aliphatic heterocycles. The predicted octanol–water partition coefficient (Wildman–Crippen LogP) is 2.92. The molecule has 3 aromatic rings. The fourth-order valence-electron chi connectivity index (χ4n) is 3.94. The van der Waals surface area contributed by atoms with Gasteiger partial charge in [0.25, 0.3) is 16.6 Å². The third-order valence-corrected chi connectivity index (χ3v) is 10.8. The third kappa shape index (κ3) is 4.27. The molecule has 0 atom stereocenters. The Kier molecular flexibility index (Phi) is 6.88. The van der Waals surface area contributed by atoms with Crippen LogP contribution in [0.1, 0.15) is 6.92 Å². The molecule has 0 aliphatic carbocycles. The molecule has 2 aliphatic rings. The van der Waals surface area contributed by atoms with E-state index in [1.807, 2.05) is 43.8 Å². The maximum atomic E-state index is 13.6. The first-order chi connectivity index (χ1) is 16.8. The van der Waals surface area contributed by atoms with Gasteiger partial charge in [-0.05, 0) is 53.2 Å². The van der Waals surface area contributed by atoms with E-state index >= 15 is 0 Å². The number of amidine groups is 1. The molecule has 0 spiro atoms. The van der Waals surface area contributed by atoms with Crippen LogP contribution < -0.4 is 19.3 Å². The molecule has 5 rings (SSSR count). The lowest BCUT2D eigenvalue weighted by Crippen LogP contribution is -2.34. The first-order valence-electron chi connectivity index (χ1n) is 10.9. The van der Waals surface area contributed by atoms with Crippen molar-refractivity contribution in [2.75, 3.05) is 25.9 Å². The number of aryl methyl sites for hydroxylation is 1. The average molecular weight is 565 g/mol. The Morgan fingerprint density at radius 2 is 2.09 bits per heavy atom. The highest BCUT2D eigenvalue weighted by molar-refractivity contribution is 8.23. The molecule has 2 saturated heterocycles. The van der Waals surface area contributed by atoms with Crippen molar-refractivity contribution in [1.29, 1.82) is 0 Å². The van der Waals surface area contributed by atoms with Crippen molar-refractivity contribution in [1.82, 2.24) is 14.4 Å². The number of aliphatic imine (C=N–C) groups is 1. The van der Waals surface area contributed by atoms with Gasteiger partial charge in [0, 0.05) is 37.5 Å². The van der Waals surface area contributed by atoms with Crippen molar-refractivity contribution in [2.24, 2.45) is 12.0 Å². The van der Waals surface area contributed by atoms with Crippen molar-refractivity contribution in [2.45, 2.75) is 13.5 Å². The van der Waals surface area contributed by atoms with E-state index in [2.05, 4.69) is 11.5 Å². The van der Waals surface area contributed by atoms with Gasteiger partial charge in [0.15, 0.2) is 0 Å². The molecular formula is C23H23ClN5O2S4+. The Morgan fingerprint density at radius 3 is 2.77 bits per heavy atom. The molecule has 0 saturated carbocycles. The molecule has 0 bridgehead atoms. The number of benzene rings is 1. The molecule has 4 heterocycles. The summed E-state index contributed by atoms with van der Waals surface area (Å²) in [5.41, 5.74) is 0.976. The lowest BCUT2D eigenvalue weighted by Gasteiger charge is -2.08. The number of aromatic nitrogens is 2. The normalized spacial score (nSPS) is 20.7. The van der Waals surface area contributed by atoms with Crippen LogP contribution in [-0.2, 0) is 18.4 Å². The molecule has 35 heavy (non-hydrogen) atoms. The quantitative estimate of drug-likeness (QED) is 0.360. The maximum Gasteiger partial charge on any atom is 0.385 e. The van der Waals surface area contributed by atoms with E-state index < -0.39 is 0 Å². The second-order valence-electron chi connectivity index (χ2n) is 7.95. The van der Waals surface area contributed by atoms with Crippen LogP contribution in [0.4, 0.5) is 5.13 Å². The Morgan fingerprint density at radius 1 is 1.29 bits per heavy atom. The fraction of sp³-hybridized carbons (Fsp3) is 0.304. The van der Waals surface area contributed by atoms with E-state index in [4.69, 9.17) is 16.6 Å². The largest absolute Gasteiger partial charge is 0.385 e. The van der Waals surface area contributed by atoms with Crippen LogP contribution >= 0.6 is 57.8 Å². The number of fused-ring (bicyclic) bond motifs is 1. The second-order valence-corrected chi connectivity index (χ2v) is 12.5. The van der Waals surface area contributed by atoms with Gasteiger partial charge in [-0.15, -0.1) is 29.7 Å². The third-order valence-electron chi connectivity index (χ3n) is 5.74. The summed E-state index contributed by atoms with van der Waals surface area (Å²) in [6.07, 6.45) is 1.69. The first-order valence-corrected chi connectivity index (χ1v) is 14.7. The van der Waals surface area contributed by atoms with Crippen molar-refractivity contribution in [3.63, 3.8) is 0 Å². The zero-order valence-corrected chi connectivity index (χ0v) is 23.4. The highest BCUT2D eigenvalue weighted by Gasteiger charge is 2.39. The number of hydrogen-bond donors (Lipinski definition) is 0. The van der Waals surface area contributed by atoms with E-state index in [1.165, 1.54) is 34.4 Å². The summed E-state index contributed by atoms with van der Waals surface area (Å²) < 4.78 is 6.10. The topological polar surface area (TPSA) is 61.8 Å². The Labute approximate surface area is 223 Å². The van der Waals surface area contributed by atoms with Crippen LogP contribution in [0.3, 0.4) is 0 Å². The molecular weight excluding hydrogens is 542 g/mol. The van der Waals surface area contributed by atoms with Gasteiger partial charge in [-0.3, -0.25) is 19.1 Å². The molecule has 7 nitrogen and oxygen atoms in total. The van der Waals surface area contributed by atoms with Crippen molar-refractivity contribution < 1.29 is 9.36 Å². The number of amides is 1. The van der Waals surface area contributed by atoms with Crippen molar-refractivity contribution in [3.05, 3.63) is 55.4 Å². The summed E-state index contributed by atoms with van der Waals surface area (Å²) in [5.74, 6) is 0.795. The molecule has 0 radical (unpaired) electrons. The summed E-state index contributed by atoms with van der Waals surface area (Å²) in [5, 5.41) is 2.98. The summed E-state index contributed by atoms with van der Waals surface area (Å²) >= 11 is 12.1. The molecule has 182 valence electrons. The Hall–Kier alpha value is -2.05. The number of nitrogens with zero attached hydrogens (tertiary/aromatic N) is 5. The molecule has 1 aromatic carbocycles. The van der Waals surface area contributed by atoms with Gasteiger partial charge in [-0.1, -0.05) is 17.7 Å². The van der Waals surface area contributed by atoms with Gasteiger partial charge in [-0.25, -0.2) is 4.57 Å². The highest BCUT2D eigenvalue weighted by atomic mass is 35.5. The van der Waals surface area contributed by atoms with Gasteiger partial charge < -0.3 is 4.90 Å². The van der Waals surface area contributed by atoms with Crippen molar-refractivity contribution in [3.8, 4) is 0 Å². The van der Waals surface area contributed by atoms with Crippen LogP contribution in [0.15, 0.2) is 40.6 Å². The van der Waals surface area contributed by atoms with Gasteiger partial charge >= 0.3 is 5.13 Å². The van der Waals surface area contributed by atoms with Gasteiger partial charge in [0.1, 0.15) is 19.6 Å². The predicted molar refractivity (Wildman–Crippen MR) is 150 cm³/mol. The minimum atomic E-state index is -0.159. The summed E-state index contributed by atoms with van der Waals surface area (Å²) in [4.78, 5) is 36.0. The molecule has 0 unspecified atom stereocenters. The van der Waals surface area contributed by atoms with E-state index in [-0.39, 0.29) is 11.5 Å². The molecule has 12 heteroatoms. The van der Waals surface area contributed by atoms with Crippen LogP contribution in [0, 0.1) is 0 Å². The van der Waals surface area contributed by atoms with Gasteiger partial charge in [0.2, 0.25) is 0 Å². The summed E-state index contributed by atoms with van der Waals surface area (Å²) in [6.45, 7) is 7.48. The SMILES string of the molecule is C=CCN1C(=O)/C(=c2/s/c(=C3/SCCN3C)c(=O)n2CC)S/C1=N\c1sc2cc(Cl)ccc2[n+]1C. The highest BCUT2D eigenvalue weighted by Crippen LogP contribution is 2.35. The number of halogens is 1. The minimum absolute atomic E-state index is 0.0434. The molecule has 2 fully saturated rings.